The summed E-state index contributed by atoms with van der Waals surface area (Å²) >= 11 is 3.44. The van der Waals surface area contributed by atoms with Crippen LogP contribution in [0.4, 0.5) is 0 Å². The van der Waals surface area contributed by atoms with E-state index in [1.165, 1.54) is 12.1 Å². The number of rotatable bonds is 9. The van der Waals surface area contributed by atoms with E-state index in [0.717, 1.165) is 26.9 Å². The van der Waals surface area contributed by atoms with Gasteiger partial charge in [0.05, 0.1) is 4.90 Å². The molecule has 6 nitrogen and oxygen atoms in total. The van der Waals surface area contributed by atoms with Crippen LogP contribution in [-0.2, 0) is 21.4 Å². The highest BCUT2D eigenvalue weighted by Crippen LogP contribution is 2.25. The van der Waals surface area contributed by atoms with E-state index in [-0.39, 0.29) is 10.8 Å². The van der Waals surface area contributed by atoms with Crippen LogP contribution in [-0.4, -0.2) is 25.5 Å². The summed E-state index contributed by atoms with van der Waals surface area (Å²) < 4.78 is 34.2. The number of nitrogens with one attached hydrogen (secondary N) is 1. The van der Waals surface area contributed by atoms with Crippen LogP contribution in [0.2, 0.25) is 0 Å². The molecule has 0 aromatic heterocycles. The summed E-state index contributed by atoms with van der Waals surface area (Å²) in [7, 11) is -3.95. The molecule has 0 fully saturated rings. The molecular formula is C24H24BrNO5S. The molecule has 0 heterocycles. The molecule has 168 valence electrons. The Bertz CT molecular complexity index is 1180. The van der Waals surface area contributed by atoms with Gasteiger partial charge in [-0.05, 0) is 59.0 Å². The summed E-state index contributed by atoms with van der Waals surface area (Å²) in [5.41, 5.74) is 2.79. The minimum atomic E-state index is -3.95. The van der Waals surface area contributed by atoms with E-state index in [2.05, 4.69) is 20.7 Å². The lowest BCUT2D eigenvalue weighted by atomic mass is 10.1. The number of ether oxygens (including phenoxy) is 1. The Balaban J connectivity index is 1.68. The zero-order valence-electron chi connectivity index (χ0n) is 17.7. The van der Waals surface area contributed by atoms with Crippen molar-refractivity contribution in [3.8, 4) is 16.9 Å². The van der Waals surface area contributed by atoms with Gasteiger partial charge in [0.1, 0.15) is 18.4 Å². The average molecular weight is 518 g/mol. The molecule has 0 aliphatic carbocycles. The lowest BCUT2D eigenvalue weighted by Gasteiger charge is -2.18. The highest BCUT2D eigenvalue weighted by molar-refractivity contribution is 9.10. The number of carbonyl (C=O) groups is 1. The van der Waals surface area contributed by atoms with Crippen LogP contribution in [0.3, 0.4) is 0 Å². The van der Waals surface area contributed by atoms with Gasteiger partial charge in [0.15, 0.2) is 0 Å². The molecule has 0 amide bonds. The fourth-order valence-electron chi connectivity index (χ4n) is 3.07. The quantitative estimate of drug-likeness (QED) is 0.412. The molecule has 1 atom stereocenters. The van der Waals surface area contributed by atoms with E-state index >= 15 is 0 Å². The molecule has 2 N–H and O–H groups in total. The van der Waals surface area contributed by atoms with Gasteiger partial charge >= 0.3 is 5.97 Å². The fourth-order valence-corrected chi connectivity index (χ4v) is 4.85. The van der Waals surface area contributed by atoms with E-state index in [9.17, 15) is 18.3 Å². The van der Waals surface area contributed by atoms with E-state index in [0.29, 0.717) is 6.61 Å². The molecule has 0 unspecified atom stereocenters. The van der Waals surface area contributed by atoms with Gasteiger partial charge in [0.25, 0.3) is 0 Å². The van der Waals surface area contributed by atoms with Gasteiger partial charge in [-0.15, -0.1) is 0 Å². The second-order valence-electron chi connectivity index (χ2n) is 7.65. The van der Waals surface area contributed by atoms with Crippen molar-refractivity contribution in [2.75, 3.05) is 0 Å². The monoisotopic (exact) mass is 517 g/mol. The Hall–Kier alpha value is -2.68. The largest absolute Gasteiger partial charge is 0.489 e. The van der Waals surface area contributed by atoms with Crippen LogP contribution < -0.4 is 9.46 Å². The maximum absolute atomic E-state index is 12.6. The van der Waals surface area contributed by atoms with Gasteiger partial charge in [-0.25, -0.2) is 8.42 Å². The standard InChI is InChI=1S/C24H24BrNO5S/c1-16(2)23(24(27)28)26-32(29,30)22-12-8-19(9-13-22)18-6-10-21(11-7-18)31-15-17-4-3-5-20(25)14-17/h3-14,16,23,26H,15H2,1-2H3,(H,27,28)/t23-/m1/s1. The normalized spacial score (nSPS) is 12.5. The highest BCUT2D eigenvalue weighted by Gasteiger charge is 2.27. The molecule has 32 heavy (non-hydrogen) atoms. The number of aliphatic carboxylic acids is 1. The lowest BCUT2D eigenvalue weighted by molar-refractivity contribution is -0.140. The number of halogens is 1. The summed E-state index contributed by atoms with van der Waals surface area (Å²) in [5.74, 6) is -0.862. The fraction of sp³-hybridized carbons (Fsp3) is 0.208. The van der Waals surface area contributed by atoms with Crippen molar-refractivity contribution in [3.63, 3.8) is 0 Å². The molecule has 3 aromatic rings. The van der Waals surface area contributed by atoms with E-state index < -0.39 is 22.0 Å². The molecule has 0 spiro atoms. The Morgan fingerprint density at radius 1 is 1.00 bits per heavy atom. The first-order chi connectivity index (χ1) is 15.2. The molecule has 0 bridgehead atoms. The predicted octanol–water partition coefficient (Wildman–Crippen LogP) is 5.08. The molecule has 0 aliphatic rings. The van der Waals surface area contributed by atoms with Crippen molar-refractivity contribution in [1.29, 1.82) is 0 Å². The van der Waals surface area contributed by atoms with Crippen LogP contribution in [0.5, 0.6) is 5.75 Å². The van der Waals surface area contributed by atoms with Gasteiger partial charge in [0.2, 0.25) is 10.0 Å². The first-order valence-electron chi connectivity index (χ1n) is 9.98. The van der Waals surface area contributed by atoms with Crippen LogP contribution in [0.15, 0.2) is 82.2 Å². The third-order valence-electron chi connectivity index (χ3n) is 4.86. The number of hydrogen-bond acceptors (Lipinski definition) is 4. The highest BCUT2D eigenvalue weighted by atomic mass is 79.9. The zero-order chi connectivity index (χ0) is 23.3. The molecule has 0 radical (unpaired) electrons. The van der Waals surface area contributed by atoms with Crippen molar-refractivity contribution in [1.82, 2.24) is 4.72 Å². The van der Waals surface area contributed by atoms with Crippen molar-refractivity contribution < 1.29 is 23.1 Å². The number of carboxylic acid groups (broad SMARTS) is 1. The van der Waals surface area contributed by atoms with Gasteiger partial charge in [-0.3, -0.25) is 4.79 Å². The summed E-state index contributed by atoms with van der Waals surface area (Å²) in [6.07, 6.45) is 0. The van der Waals surface area contributed by atoms with Crippen molar-refractivity contribution in [3.05, 3.63) is 82.8 Å². The zero-order valence-corrected chi connectivity index (χ0v) is 20.1. The Labute approximate surface area is 196 Å². The number of sulfonamides is 1. The van der Waals surface area contributed by atoms with E-state index in [4.69, 9.17) is 4.74 Å². The van der Waals surface area contributed by atoms with Gasteiger partial charge < -0.3 is 9.84 Å². The molecule has 3 aromatic carbocycles. The van der Waals surface area contributed by atoms with Crippen molar-refractivity contribution in [2.24, 2.45) is 5.92 Å². The number of carboxylic acids is 1. The smallest absolute Gasteiger partial charge is 0.322 e. The second kappa shape index (κ2) is 10.3. The van der Waals surface area contributed by atoms with E-state index in [1.807, 2.05) is 48.5 Å². The van der Waals surface area contributed by atoms with E-state index in [1.54, 1.807) is 26.0 Å². The third-order valence-corrected chi connectivity index (χ3v) is 6.81. The molecule has 3 rings (SSSR count). The second-order valence-corrected chi connectivity index (χ2v) is 10.3. The summed E-state index contributed by atoms with van der Waals surface area (Å²) in [5, 5.41) is 9.24. The van der Waals surface area contributed by atoms with Gasteiger partial charge in [0, 0.05) is 4.47 Å². The first kappa shape index (κ1) is 24.0. The van der Waals surface area contributed by atoms with Crippen molar-refractivity contribution >= 4 is 31.9 Å². The maximum Gasteiger partial charge on any atom is 0.322 e. The van der Waals surface area contributed by atoms with Gasteiger partial charge in [-0.2, -0.15) is 4.72 Å². The van der Waals surface area contributed by atoms with Crippen LogP contribution >= 0.6 is 15.9 Å². The number of benzene rings is 3. The third kappa shape index (κ3) is 6.18. The average Bonchev–Trinajstić information content (AvgIpc) is 2.76. The Kier molecular flexibility index (Phi) is 7.71. The topological polar surface area (TPSA) is 92.7 Å². The Morgan fingerprint density at radius 3 is 2.12 bits per heavy atom. The van der Waals surface area contributed by atoms with Crippen molar-refractivity contribution in [2.45, 2.75) is 31.4 Å². The summed E-state index contributed by atoms with van der Waals surface area (Å²) in [6, 6.07) is 20.5. The summed E-state index contributed by atoms with van der Waals surface area (Å²) in [4.78, 5) is 11.3. The number of hydrogen-bond donors (Lipinski definition) is 2. The van der Waals surface area contributed by atoms with Crippen LogP contribution in [0.1, 0.15) is 19.4 Å². The molecule has 0 aliphatic heterocycles. The molecular weight excluding hydrogens is 494 g/mol. The predicted molar refractivity (Wildman–Crippen MR) is 127 cm³/mol. The molecule has 0 saturated carbocycles. The minimum absolute atomic E-state index is 0.0159. The maximum atomic E-state index is 12.6. The van der Waals surface area contributed by atoms with Gasteiger partial charge in [-0.1, -0.05) is 66.2 Å². The SMILES string of the molecule is CC(C)[C@@H](NS(=O)(=O)c1ccc(-c2ccc(OCc3cccc(Br)c3)cc2)cc1)C(=O)O. The summed E-state index contributed by atoms with van der Waals surface area (Å²) in [6.45, 7) is 3.75. The molecule has 0 saturated heterocycles. The van der Waals surface area contributed by atoms with Crippen LogP contribution in [0.25, 0.3) is 11.1 Å². The minimum Gasteiger partial charge on any atom is -0.489 e. The lowest BCUT2D eigenvalue weighted by Crippen LogP contribution is -2.44. The Morgan fingerprint density at radius 2 is 1.59 bits per heavy atom. The first-order valence-corrected chi connectivity index (χ1v) is 12.3. The van der Waals surface area contributed by atoms with Crippen LogP contribution in [0, 0.1) is 5.92 Å². The molecule has 8 heteroatoms.